The van der Waals surface area contributed by atoms with Crippen molar-refractivity contribution >= 4 is 23.2 Å². The van der Waals surface area contributed by atoms with E-state index in [9.17, 15) is 9.59 Å². The Morgan fingerprint density at radius 1 is 0.862 bits per heavy atom. The summed E-state index contributed by atoms with van der Waals surface area (Å²) in [6.45, 7) is 0.544. The van der Waals surface area contributed by atoms with Crippen LogP contribution in [0.4, 0.5) is 11.4 Å². The number of anilines is 2. The van der Waals surface area contributed by atoms with Crippen molar-refractivity contribution in [3.63, 3.8) is 0 Å². The number of benzene rings is 3. The van der Waals surface area contributed by atoms with Gasteiger partial charge in [-0.15, -0.1) is 0 Å². The number of hydrogen-bond donors (Lipinski definition) is 3. The van der Waals surface area contributed by atoms with E-state index in [2.05, 4.69) is 16.0 Å². The Hall–Kier alpha value is -3.80. The van der Waals surface area contributed by atoms with Crippen molar-refractivity contribution in [3.05, 3.63) is 90.0 Å². The van der Waals surface area contributed by atoms with Gasteiger partial charge in [0.2, 0.25) is 5.91 Å². The molecular weight excluding hydrogens is 366 g/mol. The normalized spacial score (nSPS) is 10.1. The SMILES string of the molecule is COc1ccc(NC(=O)CNc2cccc(C(=O)NCc3ccccc3)c2)cc1. The summed E-state index contributed by atoms with van der Waals surface area (Å²) in [4.78, 5) is 24.5. The lowest BCUT2D eigenvalue weighted by molar-refractivity contribution is -0.114. The van der Waals surface area contributed by atoms with Crippen LogP contribution in [0, 0.1) is 0 Å². The molecule has 0 spiro atoms. The molecule has 148 valence electrons. The van der Waals surface area contributed by atoms with Gasteiger partial charge in [-0.05, 0) is 48.0 Å². The average molecular weight is 389 g/mol. The quantitative estimate of drug-likeness (QED) is 0.549. The molecule has 6 nitrogen and oxygen atoms in total. The van der Waals surface area contributed by atoms with E-state index < -0.39 is 0 Å². The summed E-state index contributed by atoms with van der Waals surface area (Å²) < 4.78 is 5.09. The van der Waals surface area contributed by atoms with Crippen LogP contribution in [0.3, 0.4) is 0 Å². The first-order valence-electron chi connectivity index (χ1n) is 9.24. The minimum Gasteiger partial charge on any atom is -0.497 e. The zero-order chi connectivity index (χ0) is 20.5. The fraction of sp³-hybridized carbons (Fsp3) is 0.130. The molecule has 3 N–H and O–H groups in total. The number of methoxy groups -OCH3 is 1. The molecule has 0 atom stereocenters. The lowest BCUT2D eigenvalue weighted by atomic mass is 10.1. The molecule has 3 aromatic rings. The zero-order valence-electron chi connectivity index (χ0n) is 16.1. The van der Waals surface area contributed by atoms with Gasteiger partial charge in [0.1, 0.15) is 5.75 Å². The smallest absolute Gasteiger partial charge is 0.251 e. The highest BCUT2D eigenvalue weighted by molar-refractivity contribution is 5.96. The van der Waals surface area contributed by atoms with Crippen LogP contribution in [-0.2, 0) is 11.3 Å². The maximum Gasteiger partial charge on any atom is 0.251 e. The van der Waals surface area contributed by atoms with Crippen molar-refractivity contribution in [1.29, 1.82) is 0 Å². The molecule has 0 aromatic heterocycles. The third kappa shape index (κ3) is 6.10. The molecule has 0 aliphatic heterocycles. The Kier molecular flexibility index (Phi) is 6.84. The Morgan fingerprint density at radius 3 is 2.34 bits per heavy atom. The van der Waals surface area contributed by atoms with Gasteiger partial charge in [0.05, 0.1) is 13.7 Å². The van der Waals surface area contributed by atoms with E-state index in [1.165, 1.54) is 0 Å². The van der Waals surface area contributed by atoms with Crippen LogP contribution in [0.15, 0.2) is 78.9 Å². The second-order valence-electron chi connectivity index (χ2n) is 6.38. The third-order valence-corrected chi connectivity index (χ3v) is 4.25. The summed E-state index contributed by atoms with van der Waals surface area (Å²) in [5.74, 6) is 0.373. The molecule has 0 radical (unpaired) electrons. The van der Waals surface area contributed by atoms with Gasteiger partial charge in [-0.3, -0.25) is 9.59 Å². The lowest BCUT2D eigenvalue weighted by Gasteiger charge is -2.10. The molecule has 0 heterocycles. The minimum atomic E-state index is -0.186. The van der Waals surface area contributed by atoms with Crippen LogP contribution >= 0.6 is 0 Å². The lowest BCUT2D eigenvalue weighted by Crippen LogP contribution is -2.23. The van der Waals surface area contributed by atoms with Crippen molar-refractivity contribution in [3.8, 4) is 5.75 Å². The van der Waals surface area contributed by atoms with E-state index in [4.69, 9.17) is 4.74 Å². The zero-order valence-corrected chi connectivity index (χ0v) is 16.1. The number of amides is 2. The molecular formula is C23H23N3O3. The van der Waals surface area contributed by atoms with Gasteiger partial charge in [-0.2, -0.15) is 0 Å². The van der Waals surface area contributed by atoms with Gasteiger partial charge in [0.15, 0.2) is 0 Å². The number of carbonyl (C=O) groups is 2. The third-order valence-electron chi connectivity index (χ3n) is 4.25. The van der Waals surface area contributed by atoms with Crippen LogP contribution in [-0.4, -0.2) is 25.5 Å². The summed E-state index contributed by atoms with van der Waals surface area (Å²) in [5, 5.41) is 8.74. The maximum atomic E-state index is 12.4. The molecule has 2 amide bonds. The van der Waals surface area contributed by atoms with E-state index in [0.29, 0.717) is 23.5 Å². The van der Waals surface area contributed by atoms with Crippen molar-refractivity contribution in [2.45, 2.75) is 6.54 Å². The van der Waals surface area contributed by atoms with Gasteiger partial charge >= 0.3 is 0 Å². The van der Waals surface area contributed by atoms with Crippen LogP contribution in [0.1, 0.15) is 15.9 Å². The van der Waals surface area contributed by atoms with E-state index in [1.807, 2.05) is 36.4 Å². The minimum absolute atomic E-state index is 0.0844. The number of rotatable bonds is 8. The van der Waals surface area contributed by atoms with Gasteiger partial charge in [-0.1, -0.05) is 36.4 Å². The monoisotopic (exact) mass is 389 g/mol. The topological polar surface area (TPSA) is 79.5 Å². The molecule has 0 saturated heterocycles. The first-order valence-corrected chi connectivity index (χ1v) is 9.24. The molecule has 3 rings (SSSR count). The molecule has 0 aliphatic carbocycles. The summed E-state index contributed by atoms with van der Waals surface area (Å²) in [6, 6.07) is 23.9. The summed E-state index contributed by atoms with van der Waals surface area (Å²) in [5.41, 5.74) is 2.95. The van der Waals surface area contributed by atoms with Crippen LogP contribution in [0.25, 0.3) is 0 Å². The molecule has 3 aromatic carbocycles. The van der Waals surface area contributed by atoms with E-state index in [0.717, 1.165) is 11.3 Å². The van der Waals surface area contributed by atoms with Crippen molar-refractivity contribution in [1.82, 2.24) is 5.32 Å². The number of ether oxygens (including phenoxy) is 1. The maximum absolute atomic E-state index is 12.4. The van der Waals surface area contributed by atoms with Crippen LogP contribution in [0.2, 0.25) is 0 Å². The van der Waals surface area contributed by atoms with Crippen LogP contribution < -0.4 is 20.7 Å². The number of nitrogens with one attached hydrogen (secondary N) is 3. The summed E-state index contributed by atoms with van der Waals surface area (Å²) >= 11 is 0. The molecule has 0 bridgehead atoms. The molecule has 0 fully saturated rings. The van der Waals surface area contributed by atoms with Gasteiger partial charge in [0.25, 0.3) is 5.91 Å². The van der Waals surface area contributed by atoms with E-state index in [-0.39, 0.29) is 18.4 Å². The van der Waals surface area contributed by atoms with Crippen molar-refractivity contribution in [2.75, 3.05) is 24.3 Å². The van der Waals surface area contributed by atoms with Gasteiger partial charge < -0.3 is 20.7 Å². The van der Waals surface area contributed by atoms with Crippen LogP contribution in [0.5, 0.6) is 5.75 Å². The second kappa shape index (κ2) is 9.94. The van der Waals surface area contributed by atoms with Crippen molar-refractivity contribution in [2.24, 2.45) is 0 Å². The number of carbonyl (C=O) groups excluding carboxylic acids is 2. The van der Waals surface area contributed by atoms with Crippen molar-refractivity contribution < 1.29 is 14.3 Å². The van der Waals surface area contributed by atoms with Gasteiger partial charge in [0, 0.05) is 23.5 Å². The average Bonchev–Trinajstić information content (AvgIpc) is 2.77. The highest BCUT2D eigenvalue weighted by Gasteiger charge is 2.07. The largest absolute Gasteiger partial charge is 0.497 e. The Morgan fingerprint density at radius 2 is 1.62 bits per heavy atom. The molecule has 29 heavy (non-hydrogen) atoms. The summed E-state index contributed by atoms with van der Waals surface area (Å²) in [6.07, 6.45) is 0. The highest BCUT2D eigenvalue weighted by Crippen LogP contribution is 2.15. The predicted octanol–water partition coefficient (Wildman–Crippen LogP) is 3.68. The standard InChI is InChI=1S/C23H23N3O3/c1-29-21-12-10-19(11-13-21)26-22(27)16-24-20-9-5-8-18(14-20)23(28)25-15-17-6-3-2-4-7-17/h2-14,24H,15-16H2,1H3,(H,25,28)(H,26,27). The first-order chi connectivity index (χ1) is 14.1. The fourth-order valence-electron chi connectivity index (χ4n) is 2.71. The molecule has 0 saturated carbocycles. The van der Waals surface area contributed by atoms with Gasteiger partial charge in [-0.25, -0.2) is 0 Å². The Bertz CT molecular complexity index is 957. The predicted molar refractivity (Wildman–Crippen MR) is 114 cm³/mol. The number of hydrogen-bond acceptors (Lipinski definition) is 4. The Balaban J connectivity index is 1.50. The fourth-order valence-corrected chi connectivity index (χ4v) is 2.71. The Labute approximate surface area is 169 Å². The first kappa shape index (κ1) is 19.9. The summed E-state index contributed by atoms with van der Waals surface area (Å²) in [7, 11) is 1.59. The van der Waals surface area contributed by atoms with E-state index >= 15 is 0 Å². The molecule has 0 unspecified atom stereocenters. The second-order valence-corrected chi connectivity index (χ2v) is 6.38. The molecule has 6 heteroatoms. The van der Waals surface area contributed by atoms with E-state index in [1.54, 1.807) is 49.6 Å². The molecule has 0 aliphatic rings. The highest BCUT2D eigenvalue weighted by atomic mass is 16.5.